The molecule has 196 valence electrons. The van der Waals surface area contributed by atoms with E-state index in [9.17, 15) is 9.59 Å². The second kappa shape index (κ2) is 12.2. The molecule has 0 saturated carbocycles. The second-order valence-electron chi connectivity index (χ2n) is 8.77. The van der Waals surface area contributed by atoms with Gasteiger partial charge in [-0.05, 0) is 48.9 Å². The zero-order valence-electron chi connectivity index (χ0n) is 21.6. The van der Waals surface area contributed by atoms with Crippen LogP contribution >= 0.6 is 0 Å². The van der Waals surface area contributed by atoms with Crippen molar-refractivity contribution in [3.63, 3.8) is 0 Å². The second-order valence-corrected chi connectivity index (χ2v) is 8.77. The largest absolute Gasteiger partial charge is 0.493 e. The van der Waals surface area contributed by atoms with E-state index in [2.05, 4.69) is 22.0 Å². The number of furan rings is 1. The molecule has 1 fully saturated rings. The fourth-order valence-electron chi connectivity index (χ4n) is 4.25. The fraction of sp³-hybridized carbons (Fsp3) is 0.407. The summed E-state index contributed by atoms with van der Waals surface area (Å²) in [6.07, 6.45) is 3.22. The Labute approximate surface area is 216 Å². The highest BCUT2D eigenvalue weighted by Crippen LogP contribution is 2.31. The standard InChI is InChI=1S/C27H33N5O5/c1-4-5-12-32(27(34)23-7-6-17-37-23)19-26(33)31-15-13-30(14-16-31)25-11-9-21(28-29-25)20-8-10-22(35-2)24(18-20)36-3/h6-11,17-18H,4-5,12-16,19H2,1-3H3. The predicted molar refractivity (Wildman–Crippen MR) is 139 cm³/mol. The molecular weight excluding hydrogens is 474 g/mol. The number of methoxy groups -OCH3 is 2. The number of anilines is 1. The number of amides is 2. The molecule has 0 unspecified atom stereocenters. The lowest BCUT2D eigenvalue weighted by atomic mass is 10.1. The number of nitrogens with zero attached hydrogens (tertiary/aromatic N) is 5. The van der Waals surface area contributed by atoms with Gasteiger partial charge in [0.2, 0.25) is 5.91 Å². The van der Waals surface area contributed by atoms with Crippen molar-refractivity contribution in [3.05, 3.63) is 54.5 Å². The third kappa shape index (κ3) is 6.19. The molecular formula is C27H33N5O5. The molecule has 2 amide bonds. The molecule has 0 N–H and O–H groups in total. The van der Waals surface area contributed by atoms with Gasteiger partial charge in [-0.1, -0.05) is 13.3 Å². The molecule has 1 aliphatic rings. The smallest absolute Gasteiger partial charge is 0.290 e. The quantitative estimate of drug-likeness (QED) is 0.412. The lowest BCUT2D eigenvalue weighted by molar-refractivity contribution is -0.132. The Kier molecular flexibility index (Phi) is 8.60. The number of unbranched alkanes of at least 4 members (excludes halogenated alkanes) is 1. The Balaban J connectivity index is 1.34. The summed E-state index contributed by atoms with van der Waals surface area (Å²) in [6, 6.07) is 12.8. The summed E-state index contributed by atoms with van der Waals surface area (Å²) in [7, 11) is 3.20. The average Bonchev–Trinajstić information content (AvgIpc) is 3.50. The van der Waals surface area contributed by atoms with Crippen LogP contribution < -0.4 is 14.4 Å². The molecule has 0 spiro atoms. The van der Waals surface area contributed by atoms with Gasteiger partial charge in [-0.15, -0.1) is 10.2 Å². The van der Waals surface area contributed by atoms with Crippen LogP contribution in [0.3, 0.4) is 0 Å². The molecule has 1 saturated heterocycles. The lowest BCUT2D eigenvalue weighted by Crippen LogP contribution is -2.52. The van der Waals surface area contributed by atoms with Crippen molar-refractivity contribution in [3.8, 4) is 22.8 Å². The zero-order valence-corrected chi connectivity index (χ0v) is 21.6. The van der Waals surface area contributed by atoms with E-state index < -0.39 is 0 Å². The van der Waals surface area contributed by atoms with Gasteiger partial charge in [0.05, 0.1) is 26.2 Å². The van der Waals surface area contributed by atoms with E-state index in [1.54, 1.807) is 36.2 Å². The van der Waals surface area contributed by atoms with Gasteiger partial charge < -0.3 is 28.6 Å². The molecule has 0 aliphatic carbocycles. The van der Waals surface area contributed by atoms with Crippen molar-refractivity contribution in [2.45, 2.75) is 19.8 Å². The molecule has 3 aromatic rings. The highest BCUT2D eigenvalue weighted by Gasteiger charge is 2.26. The number of carbonyl (C=O) groups excluding carboxylic acids is 2. The summed E-state index contributed by atoms with van der Waals surface area (Å²) in [6.45, 7) is 4.99. The first-order valence-electron chi connectivity index (χ1n) is 12.5. The maximum Gasteiger partial charge on any atom is 0.290 e. The van der Waals surface area contributed by atoms with Gasteiger partial charge in [0.15, 0.2) is 23.1 Å². The average molecular weight is 508 g/mol. The normalized spacial score (nSPS) is 13.4. The minimum Gasteiger partial charge on any atom is -0.493 e. The SMILES string of the molecule is CCCCN(CC(=O)N1CCN(c2ccc(-c3ccc(OC)c(OC)c3)nn2)CC1)C(=O)c1ccco1. The van der Waals surface area contributed by atoms with Crippen molar-refractivity contribution in [2.75, 3.05) is 58.4 Å². The van der Waals surface area contributed by atoms with Crippen LogP contribution in [0.1, 0.15) is 30.3 Å². The maximum atomic E-state index is 13.0. The Hall–Kier alpha value is -4.08. The summed E-state index contributed by atoms with van der Waals surface area (Å²) in [4.78, 5) is 31.3. The van der Waals surface area contributed by atoms with E-state index in [0.717, 1.165) is 29.9 Å². The first-order valence-corrected chi connectivity index (χ1v) is 12.5. The predicted octanol–water partition coefficient (Wildman–Crippen LogP) is 3.34. The van der Waals surface area contributed by atoms with Crippen LogP contribution in [-0.4, -0.2) is 85.3 Å². The van der Waals surface area contributed by atoms with Gasteiger partial charge in [-0.2, -0.15) is 0 Å². The topological polar surface area (TPSA) is 101 Å². The minimum absolute atomic E-state index is 0.0410. The number of hydrogen-bond acceptors (Lipinski definition) is 8. The summed E-state index contributed by atoms with van der Waals surface area (Å²) in [5.41, 5.74) is 1.61. The van der Waals surface area contributed by atoms with Gasteiger partial charge in [-0.25, -0.2) is 0 Å². The fourth-order valence-corrected chi connectivity index (χ4v) is 4.25. The van der Waals surface area contributed by atoms with Crippen molar-refractivity contribution >= 4 is 17.6 Å². The van der Waals surface area contributed by atoms with Crippen molar-refractivity contribution in [1.29, 1.82) is 0 Å². The van der Waals surface area contributed by atoms with Crippen LogP contribution in [0.15, 0.2) is 53.1 Å². The van der Waals surface area contributed by atoms with Crippen molar-refractivity contribution in [1.82, 2.24) is 20.0 Å². The monoisotopic (exact) mass is 507 g/mol. The third-order valence-electron chi connectivity index (χ3n) is 6.41. The number of piperazine rings is 1. The summed E-state index contributed by atoms with van der Waals surface area (Å²) < 4.78 is 15.9. The Morgan fingerprint density at radius 1 is 1.00 bits per heavy atom. The summed E-state index contributed by atoms with van der Waals surface area (Å²) >= 11 is 0. The molecule has 1 aromatic carbocycles. The van der Waals surface area contributed by atoms with Crippen molar-refractivity contribution in [2.24, 2.45) is 0 Å². The number of hydrogen-bond donors (Lipinski definition) is 0. The lowest BCUT2D eigenvalue weighted by Gasteiger charge is -2.36. The van der Waals surface area contributed by atoms with Crippen LogP contribution in [-0.2, 0) is 4.79 Å². The Morgan fingerprint density at radius 3 is 2.41 bits per heavy atom. The third-order valence-corrected chi connectivity index (χ3v) is 6.41. The van der Waals surface area contributed by atoms with Gasteiger partial charge in [0.1, 0.15) is 6.54 Å². The van der Waals surface area contributed by atoms with Crippen LogP contribution in [0.4, 0.5) is 5.82 Å². The highest BCUT2D eigenvalue weighted by molar-refractivity contribution is 5.94. The van der Waals surface area contributed by atoms with Gasteiger partial charge >= 0.3 is 0 Å². The van der Waals surface area contributed by atoms with Gasteiger partial charge in [-0.3, -0.25) is 9.59 Å². The molecule has 3 heterocycles. The number of rotatable bonds is 10. The molecule has 10 heteroatoms. The van der Waals surface area contributed by atoms with E-state index in [-0.39, 0.29) is 24.1 Å². The minimum atomic E-state index is -0.254. The van der Waals surface area contributed by atoms with Gasteiger partial charge in [0, 0.05) is 38.3 Å². The molecule has 2 aromatic heterocycles. The number of benzene rings is 1. The highest BCUT2D eigenvalue weighted by atomic mass is 16.5. The van der Waals surface area contributed by atoms with Crippen molar-refractivity contribution < 1.29 is 23.5 Å². The van der Waals surface area contributed by atoms with Crippen LogP contribution in [0.5, 0.6) is 11.5 Å². The van der Waals surface area contributed by atoms with Crippen LogP contribution in [0, 0.1) is 0 Å². The molecule has 0 radical (unpaired) electrons. The van der Waals surface area contributed by atoms with Gasteiger partial charge in [0.25, 0.3) is 5.91 Å². The van der Waals surface area contributed by atoms with E-state index >= 15 is 0 Å². The molecule has 0 atom stereocenters. The molecule has 0 bridgehead atoms. The summed E-state index contributed by atoms with van der Waals surface area (Å²) in [5.74, 6) is 1.98. The van der Waals surface area contributed by atoms with Crippen LogP contribution in [0.2, 0.25) is 0 Å². The first kappa shape index (κ1) is 26.0. The maximum absolute atomic E-state index is 13.0. The number of carbonyl (C=O) groups is 2. The van der Waals surface area contributed by atoms with E-state index in [1.165, 1.54) is 6.26 Å². The molecule has 1 aliphatic heterocycles. The molecule has 10 nitrogen and oxygen atoms in total. The van der Waals surface area contributed by atoms with E-state index in [0.29, 0.717) is 44.2 Å². The Morgan fingerprint density at radius 2 is 1.78 bits per heavy atom. The van der Waals surface area contributed by atoms with Crippen LogP contribution in [0.25, 0.3) is 11.3 Å². The summed E-state index contributed by atoms with van der Waals surface area (Å²) in [5, 5.41) is 8.82. The molecule has 37 heavy (non-hydrogen) atoms. The van der Waals surface area contributed by atoms with E-state index in [1.807, 2.05) is 30.3 Å². The van der Waals surface area contributed by atoms with E-state index in [4.69, 9.17) is 13.9 Å². The first-order chi connectivity index (χ1) is 18.0. The number of ether oxygens (including phenoxy) is 2. The molecule has 4 rings (SSSR count). The zero-order chi connectivity index (χ0) is 26.2. The number of aromatic nitrogens is 2. The Bertz CT molecular complexity index is 1170.